The summed E-state index contributed by atoms with van der Waals surface area (Å²) in [6.07, 6.45) is 8.21. The highest BCUT2D eigenvalue weighted by molar-refractivity contribution is 5.83. The van der Waals surface area contributed by atoms with Crippen molar-refractivity contribution < 1.29 is 0 Å². The molecule has 1 saturated carbocycles. The van der Waals surface area contributed by atoms with E-state index in [1.807, 2.05) is 6.20 Å². The smallest absolute Gasteiger partial charge is 0.221 e. The Kier molecular flexibility index (Phi) is 3.78. The van der Waals surface area contributed by atoms with Gasteiger partial charge in [-0.1, -0.05) is 18.6 Å². The van der Waals surface area contributed by atoms with Gasteiger partial charge >= 0.3 is 0 Å². The number of nitrogens with zero attached hydrogens (tertiary/aromatic N) is 3. The minimum Gasteiger partial charge on any atom is -0.368 e. The fourth-order valence-corrected chi connectivity index (χ4v) is 3.62. The monoisotopic (exact) mass is 359 g/mol. The van der Waals surface area contributed by atoms with Gasteiger partial charge in [0.2, 0.25) is 5.95 Å². The van der Waals surface area contributed by atoms with Crippen molar-refractivity contribution in [3.05, 3.63) is 59.5 Å². The number of hydrogen-bond donors (Lipinski definition) is 4. The number of H-pyrrole nitrogens is 2. The maximum atomic E-state index is 5.84. The molecule has 5 N–H and O–H groups in total. The lowest BCUT2D eigenvalue weighted by molar-refractivity contribution is 0.410. The van der Waals surface area contributed by atoms with Crippen LogP contribution in [-0.2, 0) is 6.42 Å². The van der Waals surface area contributed by atoms with Crippen molar-refractivity contribution in [1.82, 2.24) is 25.1 Å². The molecule has 0 radical (unpaired) electrons. The summed E-state index contributed by atoms with van der Waals surface area (Å²) in [7, 11) is 0. The average Bonchev–Trinajstić information content (AvgIpc) is 3.26. The number of nitrogens with one attached hydrogen (secondary N) is 3. The Morgan fingerprint density at radius 2 is 2.11 bits per heavy atom. The summed E-state index contributed by atoms with van der Waals surface area (Å²) in [5, 5.41) is 12.1. The first-order chi connectivity index (χ1) is 13.3. The number of nitrogen functional groups attached to an aromatic ring is 1. The van der Waals surface area contributed by atoms with Gasteiger partial charge in [0.15, 0.2) is 5.82 Å². The predicted molar refractivity (Wildman–Crippen MR) is 106 cm³/mol. The van der Waals surface area contributed by atoms with Crippen molar-refractivity contribution in [3.63, 3.8) is 0 Å². The molecule has 3 aromatic heterocycles. The second-order valence-corrected chi connectivity index (χ2v) is 7.10. The number of hydrogen-bond acceptors (Lipinski definition) is 5. The van der Waals surface area contributed by atoms with E-state index in [1.165, 1.54) is 35.9 Å². The van der Waals surface area contributed by atoms with E-state index in [-0.39, 0.29) is 5.95 Å². The number of anilines is 3. The van der Waals surface area contributed by atoms with Crippen molar-refractivity contribution in [2.75, 3.05) is 11.1 Å². The Morgan fingerprint density at radius 1 is 1.19 bits per heavy atom. The van der Waals surface area contributed by atoms with Gasteiger partial charge in [0.05, 0.1) is 0 Å². The van der Waals surface area contributed by atoms with Crippen LogP contribution >= 0.6 is 0 Å². The molecule has 0 unspecified atom stereocenters. The minimum atomic E-state index is 0.246. The van der Waals surface area contributed by atoms with Gasteiger partial charge in [-0.05, 0) is 30.5 Å². The normalized spacial score (nSPS) is 14.4. The second-order valence-electron chi connectivity index (χ2n) is 7.10. The summed E-state index contributed by atoms with van der Waals surface area (Å²) in [5.74, 6) is 2.31. The predicted octanol–water partition coefficient (Wildman–Crippen LogP) is 3.87. The second kappa shape index (κ2) is 6.42. The van der Waals surface area contributed by atoms with Crippen molar-refractivity contribution in [3.8, 4) is 0 Å². The Labute approximate surface area is 156 Å². The average molecular weight is 359 g/mol. The number of rotatable bonds is 5. The molecule has 0 bridgehead atoms. The molecule has 1 aliphatic rings. The number of nitrogens with two attached hydrogens (primary N) is 1. The summed E-state index contributed by atoms with van der Waals surface area (Å²) in [6.45, 7) is 0. The maximum Gasteiger partial charge on any atom is 0.221 e. The fourth-order valence-electron chi connectivity index (χ4n) is 3.62. The van der Waals surface area contributed by atoms with Crippen LogP contribution in [-0.4, -0.2) is 25.1 Å². The zero-order valence-electron chi connectivity index (χ0n) is 14.9. The van der Waals surface area contributed by atoms with E-state index in [1.54, 1.807) is 6.20 Å². The topological polar surface area (TPSA) is 108 Å². The standard InChI is InChI=1S/C20H21N7/c21-20-23-11-14(9-13-5-2-6-16-15(13)7-8-22-16)19(25-20)24-18-10-17(26-27-18)12-3-1-4-12/h2,5-8,10-12,22H,1,3-4,9H2,(H4,21,23,24,25,26,27). The first-order valence-electron chi connectivity index (χ1n) is 9.25. The summed E-state index contributed by atoms with van der Waals surface area (Å²) in [4.78, 5) is 11.9. The highest BCUT2D eigenvalue weighted by atomic mass is 15.2. The van der Waals surface area contributed by atoms with E-state index in [2.05, 4.69) is 60.8 Å². The van der Waals surface area contributed by atoms with Crippen molar-refractivity contribution in [2.24, 2.45) is 0 Å². The van der Waals surface area contributed by atoms with Gasteiger partial charge < -0.3 is 16.0 Å². The maximum absolute atomic E-state index is 5.84. The molecular formula is C20H21N7. The third-order valence-electron chi connectivity index (χ3n) is 5.34. The lowest BCUT2D eigenvalue weighted by atomic mass is 9.83. The fraction of sp³-hybridized carbons (Fsp3) is 0.250. The number of aromatic amines is 2. The molecule has 0 atom stereocenters. The molecule has 0 amide bonds. The van der Waals surface area contributed by atoms with Gasteiger partial charge in [0, 0.05) is 53.0 Å². The molecule has 1 aromatic carbocycles. The molecule has 136 valence electrons. The van der Waals surface area contributed by atoms with Crippen molar-refractivity contribution in [2.45, 2.75) is 31.6 Å². The largest absolute Gasteiger partial charge is 0.368 e. The number of aromatic nitrogens is 5. The quantitative estimate of drug-likeness (QED) is 0.433. The van der Waals surface area contributed by atoms with Crippen LogP contribution in [0.4, 0.5) is 17.6 Å². The van der Waals surface area contributed by atoms with Crippen molar-refractivity contribution in [1.29, 1.82) is 0 Å². The lowest BCUT2D eigenvalue weighted by Crippen LogP contribution is -2.08. The molecule has 7 heteroatoms. The van der Waals surface area contributed by atoms with Crippen LogP contribution in [0.15, 0.2) is 42.7 Å². The summed E-state index contributed by atoms with van der Waals surface area (Å²) < 4.78 is 0. The minimum absolute atomic E-state index is 0.246. The van der Waals surface area contributed by atoms with Crippen LogP contribution < -0.4 is 11.1 Å². The third-order valence-corrected chi connectivity index (χ3v) is 5.34. The molecule has 5 rings (SSSR count). The number of fused-ring (bicyclic) bond motifs is 1. The van der Waals surface area contributed by atoms with Crippen LogP contribution in [0.1, 0.15) is 42.0 Å². The van der Waals surface area contributed by atoms with Crippen molar-refractivity contribution >= 4 is 28.5 Å². The Morgan fingerprint density at radius 3 is 2.96 bits per heavy atom. The van der Waals surface area contributed by atoms with Gasteiger partial charge in [-0.25, -0.2) is 4.98 Å². The first kappa shape index (κ1) is 15.9. The van der Waals surface area contributed by atoms with E-state index in [0.29, 0.717) is 18.2 Å². The summed E-state index contributed by atoms with van der Waals surface area (Å²) >= 11 is 0. The van der Waals surface area contributed by atoms with Crippen LogP contribution in [0.25, 0.3) is 10.9 Å². The van der Waals surface area contributed by atoms with Crippen LogP contribution in [0.3, 0.4) is 0 Å². The molecule has 4 aromatic rings. The van der Waals surface area contributed by atoms with E-state index in [0.717, 1.165) is 16.9 Å². The molecule has 27 heavy (non-hydrogen) atoms. The summed E-state index contributed by atoms with van der Waals surface area (Å²) in [6, 6.07) is 10.4. The third kappa shape index (κ3) is 3.01. The molecule has 0 saturated heterocycles. The van der Waals surface area contributed by atoms with Gasteiger partial charge in [-0.2, -0.15) is 10.1 Å². The molecule has 1 aliphatic carbocycles. The Hall–Kier alpha value is -3.35. The van der Waals surface area contributed by atoms with Gasteiger partial charge in [-0.3, -0.25) is 5.10 Å². The van der Waals surface area contributed by atoms with Gasteiger partial charge in [0.1, 0.15) is 5.82 Å². The lowest BCUT2D eigenvalue weighted by Gasteiger charge is -2.23. The SMILES string of the molecule is Nc1ncc(Cc2cccc3[nH]ccc23)c(Nc2cc(C3CCC3)[nH]n2)n1. The zero-order chi connectivity index (χ0) is 18.2. The molecule has 7 nitrogen and oxygen atoms in total. The van der Waals surface area contributed by atoms with E-state index >= 15 is 0 Å². The van der Waals surface area contributed by atoms with Crippen LogP contribution in [0, 0.1) is 0 Å². The van der Waals surface area contributed by atoms with Gasteiger partial charge in [0.25, 0.3) is 0 Å². The Balaban J connectivity index is 1.45. The highest BCUT2D eigenvalue weighted by Crippen LogP contribution is 2.36. The summed E-state index contributed by atoms with van der Waals surface area (Å²) in [5.41, 5.74) is 10.3. The van der Waals surface area contributed by atoms with Crippen LogP contribution in [0.2, 0.25) is 0 Å². The molecule has 0 aliphatic heterocycles. The van der Waals surface area contributed by atoms with E-state index in [4.69, 9.17) is 5.73 Å². The Bertz CT molecular complexity index is 1090. The molecule has 1 fully saturated rings. The zero-order valence-corrected chi connectivity index (χ0v) is 14.9. The molecule has 3 heterocycles. The highest BCUT2D eigenvalue weighted by Gasteiger charge is 2.21. The van der Waals surface area contributed by atoms with Crippen LogP contribution in [0.5, 0.6) is 0 Å². The number of benzene rings is 1. The molecular weight excluding hydrogens is 338 g/mol. The first-order valence-corrected chi connectivity index (χ1v) is 9.25. The van der Waals surface area contributed by atoms with E-state index < -0.39 is 0 Å². The van der Waals surface area contributed by atoms with E-state index in [9.17, 15) is 0 Å². The molecule has 0 spiro atoms. The van der Waals surface area contributed by atoms with Gasteiger partial charge in [-0.15, -0.1) is 0 Å².